The highest BCUT2D eigenvalue weighted by molar-refractivity contribution is 7.99. The number of carbonyl (C=O) groups is 2. The fourth-order valence-electron chi connectivity index (χ4n) is 4.60. The number of para-hydroxylation sites is 1. The zero-order valence-electron chi connectivity index (χ0n) is 18.3. The highest BCUT2D eigenvalue weighted by atomic mass is 32.2. The van der Waals surface area contributed by atoms with E-state index in [2.05, 4.69) is 25.8 Å². The van der Waals surface area contributed by atoms with Gasteiger partial charge < -0.3 is 19.7 Å². The largest absolute Gasteiger partial charge is 0.481 e. The number of hydrogen-bond acceptors (Lipinski definition) is 6. The van der Waals surface area contributed by atoms with Gasteiger partial charge in [0.15, 0.2) is 11.0 Å². The maximum absolute atomic E-state index is 12.8. The first-order chi connectivity index (χ1) is 16.1. The number of fused-ring (bicyclic) bond motifs is 1. The van der Waals surface area contributed by atoms with Crippen LogP contribution >= 0.6 is 11.8 Å². The molecule has 5 rings (SSSR count). The van der Waals surface area contributed by atoms with E-state index in [4.69, 9.17) is 4.74 Å². The normalized spacial score (nSPS) is 19.4. The number of thioether (sulfide) groups is 1. The van der Waals surface area contributed by atoms with Crippen LogP contribution in [-0.2, 0) is 20.9 Å². The minimum absolute atomic E-state index is 0.00384. The van der Waals surface area contributed by atoms with Gasteiger partial charge >= 0.3 is 5.97 Å². The van der Waals surface area contributed by atoms with Crippen LogP contribution in [0.1, 0.15) is 25.7 Å². The first-order valence-corrected chi connectivity index (χ1v) is 12.3. The van der Waals surface area contributed by atoms with Crippen molar-refractivity contribution in [2.75, 3.05) is 25.4 Å². The Morgan fingerprint density at radius 3 is 2.76 bits per heavy atom. The number of amides is 1. The molecule has 1 unspecified atom stereocenters. The molecule has 0 bridgehead atoms. The van der Waals surface area contributed by atoms with E-state index in [-0.39, 0.29) is 23.7 Å². The van der Waals surface area contributed by atoms with Crippen LogP contribution in [0.15, 0.2) is 35.6 Å². The SMILES string of the molecule is O=C(O)C1CCN(C(=O)CSc2nnc(-c3c[nH]c4ccccc34)n2CC2CCCO2)CC1. The van der Waals surface area contributed by atoms with Gasteiger partial charge in [-0.2, -0.15) is 0 Å². The molecule has 3 aromatic rings. The Kier molecular flexibility index (Phi) is 6.37. The number of H-pyrrole nitrogens is 1. The fourth-order valence-corrected chi connectivity index (χ4v) is 5.45. The van der Waals surface area contributed by atoms with Gasteiger partial charge in [0.25, 0.3) is 0 Å². The molecule has 2 fully saturated rings. The summed E-state index contributed by atoms with van der Waals surface area (Å²) in [7, 11) is 0. The Bertz CT molecular complexity index is 1140. The molecule has 174 valence electrons. The molecule has 2 N–H and O–H groups in total. The minimum Gasteiger partial charge on any atom is -0.481 e. The van der Waals surface area contributed by atoms with Gasteiger partial charge in [0.2, 0.25) is 5.91 Å². The van der Waals surface area contributed by atoms with Crippen molar-refractivity contribution in [3.8, 4) is 11.4 Å². The molecule has 2 saturated heterocycles. The Morgan fingerprint density at radius 2 is 2.00 bits per heavy atom. The number of carboxylic acids is 1. The second-order valence-electron chi connectivity index (χ2n) is 8.58. The number of carboxylic acid groups (broad SMARTS) is 1. The maximum atomic E-state index is 12.8. The molecule has 2 aliphatic heterocycles. The monoisotopic (exact) mass is 469 g/mol. The molecule has 0 saturated carbocycles. The summed E-state index contributed by atoms with van der Waals surface area (Å²) in [6.07, 6.45) is 5.11. The number of likely N-dealkylation sites (tertiary alicyclic amines) is 1. The molecule has 1 amide bonds. The molecule has 2 aliphatic rings. The third kappa shape index (κ3) is 4.63. The Hall–Kier alpha value is -2.85. The van der Waals surface area contributed by atoms with E-state index >= 15 is 0 Å². The number of nitrogens with one attached hydrogen (secondary N) is 1. The third-order valence-corrected chi connectivity index (χ3v) is 7.43. The number of hydrogen-bond donors (Lipinski definition) is 2. The van der Waals surface area contributed by atoms with Crippen molar-refractivity contribution in [2.45, 2.75) is 43.5 Å². The molecular weight excluding hydrogens is 442 g/mol. The summed E-state index contributed by atoms with van der Waals surface area (Å²) < 4.78 is 7.94. The van der Waals surface area contributed by atoms with Crippen LogP contribution in [-0.4, -0.2) is 73.2 Å². The molecule has 0 aliphatic carbocycles. The van der Waals surface area contributed by atoms with E-state index < -0.39 is 5.97 Å². The van der Waals surface area contributed by atoms with Crippen molar-refractivity contribution >= 4 is 34.5 Å². The predicted octanol–water partition coefficient (Wildman–Crippen LogP) is 3.02. The van der Waals surface area contributed by atoms with E-state index in [1.54, 1.807) is 4.90 Å². The number of carbonyl (C=O) groups excluding carboxylic acids is 1. The lowest BCUT2D eigenvalue weighted by atomic mass is 9.97. The second-order valence-corrected chi connectivity index (χ2v) is 9.52. The number of aromatic amines is 1. The van der Waals surface area contributed by atoms with Crippen LogP contribution in [0.5, 0.6) is 0 Å². The van der Waals surface area contributed by atoms with Crippen LogP contribution in [0.4, 0.5) is 0 Å². The molecule has 33 heavy (non-hydrogen) atoms. The number of nitrogens with zero attached hydrogens (tertiary/aromatic N) is 4. The molecule has 1 aromatic carbocycles. The highest BCUT2D eigenvalue weighted by Gasteiger charge is 2.28. The molecule has 0 radical (unpaired) electrons. The van der Waals surface area contributed by atoms with E-state index in [1.807, 2.05) is 24.4 Å². The van der Waals surface area contributed by atoms with E-state index in [9.17, 15) is 14.7 Å². The van der Waals surface area contributed by atoms with Crippen LogP contribution in [0.3, 0.4) is 0 Å². The molecule has 2 aromatic heterocycles. The highest BCUT2D eigenvalue weighted by Crippen LogP contribution is 2.31. The van der Waals surface area contributed by atoms with Crippen molar-refractivity contribution in [1.82, 2.24) is 24.6 Å². The minimum atomic E-state index is -0.775. The van der Waals surface area contributed by atoms with Crippen LogP contribution in [0.25, 0.3) is 22.3 Å². The summed E-state index contributed by atoms with van der Waals surface area (Å²) in [6, 6.07) is 8.08. The summed E-state index contributed by atoms with van der Waals surface area (Å²) >= 11 is 1.38. The zero-order chi connectivity index (χ0) is 22.8. The molecular formula is C23H27N5O4S. The summed E-state index contributed by atoms with van der Waals surface area (Å²) in [4.78, 5) is 29.0. The van der Waals surface area contributed by atoms with Crippen LogP contribution in [0.2, 0.25) is 0 Å². The lowest BCUT2D eigenvalue weighted by Crippen LogP contribution is -2.41. The Morgan fingerprint density at radius 1 is 1.18 bits per heavy atom. The molecule has 4 heterocycles. The standard InChI is InChI=1S/C23H27N5O4S/c29-20(27-9-7-15(8-10-27)22(30)31)14-33-23-26-25-21(28(23)13-16-4-3-11-32-16)18-12-24-19-6-2-1-5-17(18)19/h1-2,5-6,12,15-16,24H,3-4,7-11,13-14H2,(H,30,31). The van der Waals surface area contributed by atoms with Gasteiger partial charge in [0.05, 0.1) is 24.3 Å². The molecule has 0 spiro atoms. The molecule has 1 atom stereocenters. The first kappa shape index (κ1) is 22.0. The van der Waals surface area contributed by atoms with Crippen molar-refractivity contribution in [1.29, 1.82) is 0 Å². The number of aromatic nitrogens is 4. The van der Waals surface area contributed by atoms with Crippen LogP contribution in [0, 0.1) is 5.92 Å². The summed E-state index contributed by atoms with van der Waals surface area (Å²) in [5, 5.41) is 19.9. The molecule has 9 nitrogen and oxygen atoms in total. The quantitative estimate of drug-likeness (QED) is 0.511. The van der Waals surface area contributed by atoms with Gasteiger partial charge in [-0.1, -0.05) is 30.0 Å². The Labute approximate surface area is 195 Å². The maximum Gasteiger partial charge on any atom is 0.306 e. The number of ether oxygens (including phenoxy) is 1. The number of piperidine rings is 1. The topological polar surface area (TPSA) is 113 Å². The average Bonchev–Trinajstić information content (AvgIpc) is 3.58. The predicted molar refractivity (Wildman–Crippen MR) is 124 cm³/mol. The second kappa shape index (κ2) is 9.56. The van der Waals surface area contributed by atoms with Gasteiger partial charge in [-0.05, 0) is 31.7 Å². The zero-order valence-corrected chi connectivity index (χ0v) is 19.1. The smallest absolute Gasteiger partial charge is 0.306 e. The van der Waals surface area contributed by atoms with E-state index in [1.165, 1.54) is 11.8 Å². The summed E-state index contributed by atoms with van der Waals surface area (Å²) in [5.41, 5.74) is 2.01. The van der Waals surface area contributed by atoms with Crippen molar-refractivity contribution in [2.24, 2.45) is 5.92 Å². The van der Waals surface area contributed by atoms with Crippen molar-refractivity contribution in [3.05, 3.63) is 30.5 Å². The lowest BCUT2D eigenvalue weighted by molar-refractivity contribution is -0.145. The van der Waals surface area contributed by atoms with E-state index in [0.717, 1.165) is 41.7 Å². The van der Waals surface area contributed by atoms with Gasteiger partial charge in [0, 0.05) is 42.4 Å². The van der Waals surface area contributed by atoms with Crippen LogP contribution < -0.4 is 0 Å². The van der Waals surface area contributed by atoms with Gasteiger partial charge in [-0.3, -0.25) is 14.2 Å². The summed E-state index contributed by atoms with van der Waals surface area (Å²) in [5.74, 6) is -0.113. The first-order valence-electron chi connectivity index (χ1n) is 11.3. The molecule has 10 heteroatoms. The number of benzene rings is 1. The fraction of sp³-hybridized carbons (Fsp3) is 0.478. The van der Waals surface area contributed by atoms with E-state index in [0.29, 0.717) is 37.6 Å². The van der Waals surface area contributed by atoms with Gasteiger partial charge in [-0.25, -0.2) is 0 Å². The Balaban J connectivity index is 1.34. The summed E-state index contributed by atoms with van der Waals surface area (Å²) in [6.45, 7) is 2.38. The van der Waals surface area contributed by atoms with Crippen molar-refractivity contribution in [3.63, 3.8) is 0 Å². The van der Waals surface area contributed by atoms with Gasteiger partial charge in [0.1, 0.15) is 0 Å². The lowest BCUT2D eigenvalue weighted by Gasteiger charge is -2.30. The van der Waals surface area contributed by atoms with Gasteiger partial charge in [-0.15, -0.1) is 10.2 Å². The third-order valence-electron chi connectivity index (χ3n) is 6.48. The van der Waals surface area contributed by atoms with Crippen molar-refractivity contribution < 1.29 is 19.4 Å². The average molecular weight is 470 g/mol. The number of aliphatic carboxylic acids is 1. The number of rotatable bonds is 7.